The molecule has 0 bridgehead atoms. The molecule has 1 amide bonds. The summed E-state index contributed by atoms with van der Waals surface area (Å²) < 4.78 is 6.49. The summed E-state index contributed by atoms with van der Waals surface area (Å²) in [6.45, 7) is 5.27. The molecule has 1 saturated heterocycles. The van der Waals surface area contributed by atoms with Crippen molar-refractivity contribution in [3.8, 4) is 0 Å². The third-order valence-corrected chi connectivity index (χ3v) is 5.63. The smallest absolute Gasteiger partial charge is 0.228 e. The molecule has 26 heavy (non-hydrogen) atoms. The average Bonchev–Trinajstić information content (AvgIpc) is 3.08. The van der Waals surface area contributed by atoms with Crippen LogP contribution < -0.4 is 10.2 Å². The van der Waals surface area contributed by atoms with Gasteiger partial charge in [-0.15, -0.1) is 0 Å². The van der Waals surface area contributed by atoms with E-state index in [0.717, 1.165) is 58.5 Å². The number of anilines is 2. The summed E-state index contributed by atoms with van der Waals surface area (Å²) in [5.41, 5.74) is 3.97. The average molecular weight is 367 g/mol. The number of amides is 1. The summed E-state index contributed by atoms with van der Waals surface area (Å²) in [5.74, 6) is -0.00318. The molecule has 0 saturated carbocycles. The highest BCUT2D eigenvalue weighted by Crippen LogP contribution is 2.31. The van der Waals surface area contributed by atoms with Gasteiger partial charge in [-0.3, -0.25) is 4.79 Å². The Bertz CT molecular complexity index is 932. The summed E-state index contributed by atoms with van der Waals surface area (Å²) in [6.07, 6.45) is 0.381. The number of hydrogen-bond donors (Lipinski definition) is 1. The topological polar surface area (TPSA) is 54.5 Å². The molecule has 1 aliphatic heterocycles. The number of carbonyl (C=O) groups is 1. The Morgan fingerprint density at radius 1 is 1.23 bits per heavy atom. The summed E-state index contributed by atoms with van der Waals surface area (Å²) in [6, 6.07) is 13.9. The van der Waals surface area contributed by atoms with E-state index in [2.05, 4.69) is 10.2 Å². The molecule has 1 fully saturated rings. The number of rotatable bonds is 4. The fraction of sp³-hybridized carbons (Fsp3) is 0.300. The minimum atomic E-state index is -0.00318. The lowest BCUT2D eigenvalue weighted by Gasteiger charge is -2.25. The molecular formula is C20H21N3O2S. The quantitative estimate of drug-likeness (QED) is 0.765. The maximum Gasteiger partial charge on any atom is 0.228 e. The number of nitrogens with one attached hydrogen (secondary N) is 1. The maximum atomic E-state index is 12.4. The van der Waals surface area contributed by atoms with Crippen LogP contribution in [0.4, 0.5) is 10.8 Å². The van der Waals surface area contributed by atoms with E-state index in [0.29, 0.717) is 6.42 Å². The monoisotopic (exact) mass is 367 g/mol. The Kier molecular flexibility index (Phi) is 4.86. The molecule has 0 radical (unpaired) electrons. The van der Waals surface area contributed by atoms with Crippen molar-refractivity contribution in [2.24, 2.45) is 0 Å². The minimum absolute atomic E-state index is 0.00318. The van der Waals surface area contributed by atoms with Crippen LogP contribution in [0.1, 0.15) is 11.1 Å². The summed E-state index contributed by atoms with van der Waals surface area (Å²) in [4.78, 5) is 19.3. The third kappa shape index (κ3) is 3.71. The molecule has 1 N–H and O–H groups in total. The van der Waals surface area contributed by atoms with Crippen molar-refractivity contribution in [2.75, 3.05) is 36.5 Å². The summed E-state index contributed by atoms with van der Waals surface area (Å²) in [7, 11) is 0. The highest BCUT2D eigenvalue weighted by Gasteiger charge is 2.16. The van der Waals surface area contributed by atoms with E-state index in [9.17, 15) is 4.79 Å². The van der Waals surface area contributed by atoms with Crippen molar-refractivity contribution in [2.45, 2.75) is 13.3 Å². The molecule has 2 heterocycles. The van der Waals surface area contributed by atoms with Crippen molar-refractivity contribution < 1.29 is 9.53 Å². The van der Waals surface area contributed by atoms with Crippen LogP contribution in [0.2, 0.25) is 0 Å². The van der Waals surface area contributed by atoms with Crippen LogP contribution >= 0.6 is 11.3 Å². The first-order valence-electron chi connectivity index (χ1n) is 8.77. The fourth-order valence-corrected chi connectivity index (χ4v) is 4.12. The van der Waals surface area contributed by atoms with Crippen molar-refractivity contribution in [1.29, 1.82) is 0 Å². The Morgan fingerprint density at radius 3 is 2.85 bits per heavy atom. The standard InChI is InChI=1S/C20H21N3O2S/c1-14-4-2-3-5-15(14)12-19(24)21-16-6-7-17-18(13-16)26-20(22-17)23-8-10-25-11-9-23/h2-7,13H,8-12H2,1H3,(H,21,24). The van der Waals surface area contributed by atoms with Crippen LogP contribution in [0.3, 0.4) is 0 Å². The van der Waals surface area contributed by atoms with E-state index in [1.54, 1.807) is 11.3 Å². The number of aromatic nitrogens is 1. The Labute approximate surface area is 156 Å². The molecule has 134 valence electrons. The van der Waals surface area contributed by atoms with Crippen molar-refractivity contribution in [3.63, 3.8) is 0 Å². The summed E-state index contributed by atoms with van der Waals surface area (Å²) >= 11 is 1.66. The predicted octanol–water partition coefficient (Wildman–Crippen LogP) is 3.62. The van der Waals surface area contributed by atoms with Gasteiger partial charge in [0.25, 0.3) is 0 Å². The van der Waals surface area contributed by atoms with Gasteiger partial charge in [0.1, 0.15) is 0 Å². The zero-order valence-electron chi connectivity index (χ0n) is 14.7. The Morgan fingerprint density at radius 2 is 2.04 bits per heavy atom. The number of carbonyl (C=O) groups excluding carboxylic acids is 1. The molecule has 4 rings (SSSR count). The molecule has 1 aromatic heterocycles. The number of ether oxygens (including phenoxy) is 1. The van der Waals surface area contributed by atoms with Crippen LogP contribution in [-0.4, -0.2) is 37.2 Å². The zero-order chi connectivity index (χ0) is 17.9. The highest BCUT2D eigenvalue weighted by atomic mass is 32.1. The van der Waals surface area contributed by atoms with E-state index < -0.39 is 0 Å². The maximum absolute atomic E-state index is 12.4. The highest BCUT2D eigenvalue weighted by molar-refractivity contribution is 7.22. The molecule has 0 aliphatic carbocycles. The van der Waals surface area contributed by atoms with Gasteiger partial charge in [-0.1, -0.05) is 35.6 Å². The first kappa shape index (κ1) is 17.0. The van der Waals surface area contributed by atoms with Crippen LogP contribution in [0, 0.1) is 6.92 Å². The van der Waals surface area contributed by atoms with Gasteiger partial charge in [0.05, 0.1) is 29.9 Å². The molecule has 0 atom stereocenters. The molecule has 2 aromatic carbocycles. The van der Waals surface area contributed by atoms with Gasteiger partial charge in [-0.2, -0.15) is 0 Å². The van der Waals surface area contributed by atoms with Gasteiger partial charge in [-0.25, -0.2) is 4.98 Å². The number of nitrogens with zero attached hydrogens (tertiary/aromatic N) is 2. The number of aryl methyl sites for hydroxylation is 1. The van der Waals surface area contributed by atoms with E-state index >= 15 is 0 Å². The number of fused-ring (bicyclic) bond motifs is 1. The SMILES string of the molecule is Cc1ccccc1CC(=O)Nc1ccc2nc(N3CCOCC3)sc2c1. The van der Waals surface area contributed by atoms with E-state index in [1.807, 2.05) is 49.4 Å². The molecule has 3 aromatic rings. The first-order valence-corrected chi connectivity index (χ1v) is 9.58. The number of thiazole rings is 1. The molecule has 0 spiro atoms. The van der Waals surface area contributed by atoms with Gasteiger partial charge in [0.15, 0.2) is 5.13 Å². The van der Waals surface area contributed by atoms with Gasteiger partial charge in [-0.05, 0) is 36.2 Å². The lowest BCUT2D eigenvalue weighted by Crippen LogP contribution is -2.36. The molecular weight excluding hydrogens is 346 g/mol. The first-order chi connectivity index (χ1) is 12.7. The van der Waals surface area contributed by atoms with Crippen molar-refractivity contribution in [3.05, 3.63) is 53.6 Å². The normalized spacial score (nSPS) is 14.6. The van der Waals surface area contributed by atoms with Gasteiger partial charge in [0.2, 0.25) is 5.91 Å². The third-order valence-electron chi connectivity index (χ3n) is 4.55. The molecule has 0 unspecified atom stereocenters. The minimum Gasteiger partial charge on any atom is -0.378 e. The van der Waals surface area contributed by atoms with Crippen LogP contribution in [0.15, 0.2) is 42.5 Å². The number of benzene rings is 2. The second-order valence-electron chi connectivity index (χ2n) is 6.43. The van der Waals surface area contributed by atoms with Crippen LogP contribution in [0.25, 0.3) is 10.2 Å². The molecule has 1 aliphatic rings. The van der Waals surface area contributed by atoms with Gasteiger partial charge < -0.3 is 15.0 Å². The van der Waals surface area contributed by atoms with E-state index in [4.69, 9.17) is 9.72 Å². The zero-order valence-corrected chi connectivity index (χ0v) is 15.5. The number of hydrogen-bond acceptors (Lipinski definition) is 5. The Hall–Kier alpha value is -2.44. The van der Waals surface area contributed by atoms with Crippen LogP contribution in [-0.2, 0) is 16.0 Å². The van der Waals surface area contributed by atoms with E-state index in [1.165, 1.54) is 0 Å². The van der Waals surface area contributed by atoms with Gasteiger partial charge >= 0.3 is 0 Å². The largest absolute Gasteiger partial charge is 0.378 e. The van der Waals surface area contributed by atoms with Crippen molar-refractivity contribution >= 4 is 38.3 Å². The number of morpholine rings is 1. The fourth-order valence-electron chi connectivity index (χ4n) is 3.07. The van der Waals surface area contributed by atoms with E-state index in [-0.39, 0.29) is 5.91 Å². The predicted molar refractivity (Wildman–Crippen MR) is 106 cm³/mol. The van der Waals surface area contributed by atoms with Gasteiger partial charge in [0, 0.05) is 18.8 Å². The van der Waals surface area contributed by atoms with Crippen LogP contribution in [0.5, 0.6) is 0 Å². The Balaban J connectivity index is 1.48. The molecule has 6 heteroatoms. The van der Waals surface area contributed by atoms with Crippen molar-refractivity contribution in [1.82, 2.24) is 4.98 Å². The second kappa shape index (κ2) is 7.43. The second-order valence-corrected chi connectivity index (χ2v) is 7.44. The lowest BCUT2D eigenvalue weighted by molar-refractivity contribution is -0.115. The lowest BCUT2D eigenvalue weighted by atomic mass is 10.1. The summed E-state index contributed by atoms with van der Waals surface area (Å²) in [5, 5.41) is 4.02. The molecule has 5 nitrogen and oxygen atoms in total.